The number of thiophene rings is 1. The molecule has 2 aromatic heterocycles. The molecule has 2 N–H and O–H groups in total. The summed E-state index contributed by atoms with van der Waals surface area (Å²) in [6.45, 7) is 0.976. The Morgan fingerprint density at radius 3 is 2.86 bits per heavy atom. The van der Waals surface area contributed by atoms with E-state index in [1.807, 2.05) is 18.2 Å². The fraction of sp³-hybridized carbons (Fsp3) is 0.118. The minimum atomic E-state index is -0.376. The Labute approximate surface area is 126 Å². The lowest BCUT2D eigenvalue weighted by molar-refractivity contribution is 0.100. The molecule has 4 rings (SSSR count). The van der Waals surface area contributed by atoms with E-state index in [-0.39, 0.29) is 5.91 Å². The molecule has 4 heteroatoms. The number of hydrogen-bond donors (Lipinski definition) is 1. The lowest BCUT2D eigenvalue weighted by Crippen LogP contribution is -2.14. The number of hydrogen-bond acceptors (Lipinski definition) is 2. The number of benzene rings is 1. The molecule has 0 saturated carbocycles. The fourth-order valence-corrected chi connectivity index (χ4v) is 3.75. The predicted molar refractivity (Wildman–Crippen MR) is 85.4 cm³/mol. The molecule has 104 valence electrons. The van der Waals surface area contributed by atoms with Crippen LogP contribution in [0.4, 0.5) is 0 Å². The topological polar surface area (TPSA) is 48.0 Å². The van der Waals surface area contributed by atoms with Gasteiger partial charge < -0.3 is 10.3 Å². The number of amides is 1. The minimum Gasteiger partial charge on any atom is -0.366 e. The lowest BCUT2D eigenvalue weighted by atomic mass is 9.94. The molecule has 3 nitrogen and oxygen atoms in total. The van der Waals surface area contributed by atoms with E-state index in [0.717, 1.165) is 18.5 Å². The van der Waals surface area contributed by atoms with Crippen LogP contribution in [-0.4, -0.2) is 10.5 Å². The number of carbonyl (C=O) groups is 1. The molecular weight excluding hydrogens is 280 g/mol. The van der Waals surface area contributed by atoms with Gasteiger partial charge in [0.05, 0.1) is 5.69 Å². The van der Waals surface area contributed by atoms with Crippen molar-refractivity contribution in [1.82, 2.24) is 4.57 Å². The van der Waals surface area contributed by atoms with Gasteiger partial charge in [-0.25, -0.2) is 0 Å². The zero-order valence-corrected chi connectivity index (χ0v) is 12.2. The van der Waals surface area contributed by atoms with Crippen molar-refractivity contribution in [2.45, 2.75) is 13.0 Å². The third-order valence-corrected chi connectivity index (χ3v) is 4.92. The number of aromatic nitrogens is 1. The maximum absolute atomic E-state index is 11.5. The summed E-state index contributed by atoms with van der Waals surface area (Å²) < 4.78 is 2.27. The maximum Gasteiger partial charge on any atom is 0.248 e. The molecule has 0 unspecified atom stereocenters. The van der Waals surface area contributed by atoms with Crippen molar-refractivity contribution in [2.24, 2.45) is 5.73 Å². The Balaban J connectivity index is 1.96. The van der Waals surface area contributed by atoms with Crippen LogP contribution in [0.2, 0.25) is 0 Å². The van der Waals surface area contributed by atoms with E-state index >= 15 is 0 Å². The summed E-state index contributed by atoms with van der Waals surface area (Å²) in [6, 6.07) is 12.1. The highest BCUT2D eigenvalue weighted by molar-refractivity contribution is 7.13. The normalized spacial score (nSPS) is 12.8. The van der Waals surface area contributed by atoms with E-state index < -0.39 is 0 Å². The van der Waals surface area contributed by atoms with Gasteiger partial charge in [-0.1, -0.05) is 12.1 Å². The molecule has 0 spiro atoms. The van der Waals surface area contributed by atoms with E-state index in [0.29, 0.717) is 5.56 Å². The lowest BCUT2D eigenvalue weighted by Gasteiger charge is -2.21. The van der Waals surface area contributed by atoms with Crippen molar-refractivity contribution in [3.8, 4) is 21.7 Å². The van der Waals surface area contributed by atoms with Crippen molar-refractivity contribution in [2.75, 3.05) is 0 Å². The number of nitrogens with two attached hydrogens (primary N) is 1. The zero-order valence-electron chi connectivity index (χ0n) is 11.4. The van der Waals surface area contributed by atoms with Crippen LogP contribution in [0.25, 0.3) is 21.7 Å². The number of aryl methyl sites for hydroxylation is 2. The first-order valence-electron chi connectivity index (χ1n) is 6.90. The first-order valence-corrected chi connectivity index (χ1v) is 7.78. The summed E-state index contributed by atoms with van der Waals surface area (Å²) in [6.07, 6.45) is 3.12. The number of rotatable bonds is 2. The largest absolute Gasteiger partial charge is 0.366 e. The van der Waals surface area contributed by atoms with Gasteiger partial charge in [-0.05, 0) is 41.6 Å². The van der Waals surface area contributed by atoms with Crippen LogP contribution in [0.5, 0.6) is 0 Å². The van der Waals surface area contributed by atoms with Crippen molar-refractivity contribution < 1.29 is 4.79 Å². The van der Waals surface area contributed by atoms with E-state index in [1.165, 1.54) is 21.7 Å². The average Bonchev–Trinajstić information content (AvgIpc) is 3.15. The van der Waals surface area contributed by atoms with Gasteiger partial charge in [0.2, 0.25) is 5.91 Å². The summed E-state index contributed by atoms with van der Waals surface area (Å²) in [5.41, 5.74) is 10.8. The Kier molecular flexibility index (Phi) is 2.72. The summed E-state index contributed by atoms with van der Waals surface area (Å²) in [5, 5.41) is 2.09. The predicted octanol–water partition coefficient (Wildman–Crippen LogP) is 3.54. The summed E-state index contributed by atoms with van der Waals surface area (Å²) in [5.74, 6) is -0.376. The summed E-state index contributed by atoms with van der Waals surface area (Å²) in [7, 11) is 0. The molecule has 0 fully saturated rings. The van der Waals surface area contributed by atoms with Crippen LogP contribution in [0, 0.1) is 0 Å². The molecule has 3 aromatic rings. The minimum absolute atomic E-state index is 0.376. The van der Waals surface area contributed by atoms with Gasteiger partial charge in [0.15, 0.2) is 0 Å². The maximum atomic E-state index is 11.5. The Hall–Kier alpha value is -2.33. The van der Waals surface area contributed by atoms with Gasteiger partial charge in [0.1, 0.15) is 0 Å². The van der Waals surface area contributed by atoms with Gasteiger partial charge in [0.25, 0.3) is 0 Å². The molecule has 1 amide bonds. The van der Waals surface area contributed by atoms with Crippen LogP contribution < -0.4 is 5.73 Å². The van der Waals surface area contributed by atoms with Gasteiger partial charge >= 0.3 is 0 Å². The van der Waals surface area contributed by atoms with E-state index in [9.17, 15) is 4.79 Å². The third-order valence-electron chi connectivity index (χ3n) is 4.02. The quantitative estimate of drug-likeness (QED) is 0.772. The Morgan fingerprint density at radius 1 is 1.19 bits per heavy atom. The van der Waals surface area contributed by atoms with Crippen molar-refractivity contribution >= 4 is 17.2 Å². The molecular formula is C17H14N2OS. The molecule has 1 aromatic carbocycles. The molecule has 0 saturated heterocycles. The number of fused-ring (bicyclic) bond motifs is 3. The number of primary amides is 1. The highest BCUT2D eigenvalue weighted by Gasteiger charge is 2.21. The molecule has 0 radical (unpaired) electrons. The second-order valence-electron chi connectivity index (χ2n) is 5.23. The van der Waals surface area contributed by atoms with Crippen LogP contribution in [-0.2, 0) is 13.0 Å². The molecule has 1 aliphatic rings. The molecule has 0 atom stereocenters. The van der Waals surface area contributed by atoms with E-state index in [4.69, 9.17) is 5.73 Å². The zero-order chi connectivity index (χ0) is 14.4. The van der Waals surface area contributed by atoms with Gasteiger partial charge in [-0.3, -0.25) is 4.79 Å². The molecule has 21 heavy (non-hydrogen) atoms. The fourth-order valence-electron chi connectivity index (χ4n) is 3.00. The van der Waals surface area contributed by atoms with Crippen molar-refractivity contribution in [3.63, 3.8) is 0 Å². The van der Waals surface area contributed by atoms with Gasteiger partial charge in [-0.2, -0.15) is 0 Å². The Bertz CT molecular complexity index is 831. The van der Waals surface area contributed by atoms with Gasteiger partial charge in [0, 0.05) is 34.3 Å². The van der Waals surface area contributed by atoms with Crippen LogP contribution >= 0.6 is 11.3 Å². The van der Waals surface area contributed by atoms with Crippen LogP contribution in [0.15, 0.2) is 48.0 Å². The number of nitrogens with zero attached hydrogens (tertiary/aromatic N) is 1. The second-order valence-corrected chi connectivity index (χ2v) is 6.18. The monoisotopic (exact) mass is 294 g/mol. The molecule has 0 bridgehead atoms. The van der Waals surface area contributed by atoms with Crippen molar-refractivity contribution in [3.05, 3.63) is 59.1 Å². The van der Waals surface area contributed by atoms with Crippen molar-refractivity contribution in [1.29, 1.82) is 0 Å². The third kappa shape index (κ3) is 1.91. The number of carbonyl (C=O) groups excluding carboxylic acids is 1. The summed E-state index contributed by atoms with van der Waals surface area (Å²) >= 11 is 1.73. The molecule has 1 aliphatic heterocycles. The second kappa shape index (κ2) is 4.60. The standard InChI is InChI=1S/C17H14N2OS/c18-17(20)12-4-3-11-5-7-19-8-6-13(15-2-1-9-21-15)16(19)14(11)10-12/h1-4,6,8-10H,5,7H2,(H2,18,20). The average molecular weight is 294 g/mol. The van der Waals surface area contributed by atoms with E-state index in [2.05, 4.69) is 34.3 Å². The highest BCUT2D eigenvalue weighted by atomic mass is 32.1. The first kappa shape index (κ1) is 12.4. The highest BCUT2D eigenvalue weighted by Crippen LogP contribution is 2.40. The molecule has 0 aliphatic carbocycles. The van der Waals surface area contributed by atoms with E-state index in [1.54, 1.807) is 11.3 Å². The SMILES string of the molecule is NC(=O)c1ccc2c(c1)-c1c(-c3cccs3)ccn1CC2. The smallest absolute Gasteiger partial charge is 0.248 e. The first-order chi connectivity index (χ1) is 10.2. The van der Waals surface area contributed by atoms with Gasteiger partial charge in [-0.15, -0.1) is 11.3 Å². The van der Waals surface area contributed by atoms with Crippen LogP contribution in [0.3, 0.4) is 0 Å². The molecule has 3 heterocycles. The van der Waals surface area contributed by atoms with Crippen LogP contribution in [0.1, 0.15) is 15.9 Å². The Morgan fingerprint density at radius 2 is 2.10 bits per heavy atom. The summed E-state index contributed by atoms with van der Waals surface area (Å²) in [4.78, 5) is 12.7.